The molecule has 4 rings (SSSR count). The van der Waals surface area contributed by atoms with Crippen LogP contribution in [0.1, 0.15) is 28.8 Å². The molecular weight excluding hydrogens is 430 g/mol. The predicted molar refractivity (Wildman–Crippen MR) is 121 cm³/mol. The molecule has 4 aromatic rings. The van der Waals surface area contributed by atoms with Crippen LogP contribution in [-0.4, -0.2) is 15.7 Å². The van der Waals surface area contributed by atoms with Gasteiger partial charge in [-0.3, -0.25) is 4.79 Å². The molecule has 7 nitrogen and oxygen atoms in total. The zero-order valence-electron chi connectivity index (χ0n) is 17.5. The van der Waals surface area contributed by atoms with Gasteiger partial charge in [-0.25, -0.2) is 4.68 Å². The summed E-state index contributed by atoms with van der Waals surface area (Å²) in [5, 5.41) is 7.47. The van der Waals surface area contributed by atoms with Crippen LogP contribution < -0.4 is 14.8 Å². The van der Waals surface area contributed by atoms with E-state index >= 15 is 0 Å². The number of amides is 1. The molecule has 0 atom stereocenters. The van der Waals surface area contributed by atoms with E-state index in [0.717, 1.165) is 12.2 Å². The third-order valence-electron chi connectivity index (χ3n) is 4.68. The third kappa shape index (κ3) is 5.50. The minimum Gasteiger partial charge on any atom is -0.484 e. The van der Waals surface area contributed by atoms with E-state index in [-0.39, 0.29) is 25.0 Å². The number of ether oxygens (including phenoxy) is 2. The number of aromatic nitrogens is 2. The molecule has 8 heteroatoms. The van der Waals surface area contributed by atoms with Gasteiger partial charge in [0, 0.05) is 0 Å². The highest BCUT2D eigenvalue weighted by Crippen LogP contribution is 2.24. The lowest BCUT2D eigenvalue weighted by molar-refractivity contribution is 0.0992. The van der Waals surface area contributed by atoms with Gasteiger partial charge < -0.3 is 19.2 Å². The second-order valence-electron chi connectivity index (χ2n) is 6.98. The van der Waals surface area contributed by atoms with Crippen molar-refractivity contribution in [1.29, 1.82) is 0 Å². The fraction of sp³-hybridized carbons (Fsp3) is 0.167. The average molecular weight is 452 g/mol. The lowest BCUT2D eigenvalue weighted by Gasteiger charge is -2.06. The molecule has 0 aliphatic rings. The van der Waals surface area contributed by atoms with E-state index in [1.807, 2.05) is 36.4 Å². The number of benzene rings is 2. The van der Waals surface area contributed by atoms with Gasteiger partial charge in [-0.1, -0.05) is 42.8 Å². The first-order valence-corrected chi connectivity index (χ1v) is 10.5. The van der Waals surface area contributed by atoms with Crippen molar-refractivity contribution in [3.05, 3.63) is 95.2 Å². The summed E-state index contributed by atoms with van der Waals surface area (Å²) in [5.74, 6) is 1.60. The molecule has 0 bridgehead atoms. The predicted octanol–water partition coefficient (Wildman–Crippen LogP) is 5.56. The standard InChI is InChI=1S/C24H22ClN3O4/c1-2-17-7-9-19(10-8-17)31-16-28-14-18(13-26-28)27-24(29)23-12-11-20(32-23)15-30-22-6-4-3-5-21(22)25/h3-14H,2,15-16H2,1H3,(H,27,29). The number of nitrogens with one attached hydrogen (secondary N) is 1. The molecule has 2 aromatic heterocycles. The number of carbonyl (C=O) groups excluding carboxylic acids is 1. The summed E-state index contributed by atoms with van der Waals surface area (Å²) in [7, 11) is 0. The fourth-order valence-electron chi connectivity index (χ4n) is 2.94. The Morgan fingerprint density at radius 2 is 1.91 bits per heavy atom. The van der Waals surface area contributed by atoms with E-state index in [0.29, 0.717) is 22.2 Å². The minimum atomic E-state index is -0.385. The lowest BCUT2D eigenvalue weighted by atomic mass is 10.2. The SMILES string of the molecule is CCc1ccc(OCn2cc(NC(=O)c3ccc(COc4ccccc4Cl)o3)cn2)cc1. The van der Waals surface area contributed by atoms with E-state index in [9.17, 15) is 4.79 Å². The Balaban J connectivity index is 1.28. The Hall–Kier alpha value is -3.71. The molecule has 0 aliphatic carbocycles. The average Bonchev–Trinajstić information content (AvgIpc) is 3.47. The number of halogens is 1. The van der Waals surface area contributed by atoms with Gasteiger partial charge in [0.15, 0.2) is 12.5 Å². The molecule has 0 spiro atoms. The van der Waals surface area contributed by atoms with E-state index in [1.165, 1.54) is 5.56 Å². The maximum Gasteiger partial charge on any atom is 0.291 e. The van der Waals surface area contributed by atoms with Crippen LogP contribution in [-0.2, 0) is 19.8 Å². The highest BCUT2D eigenvalue weighted by molar-refractivity contribution is 6.32. The molecule has 0 saturated heterocycles. The van der Waals surface area contributed by atoms with Gasteiger partial charge in [0.1, 0.15) is 23.9 Å². The Bertz CT molecular complexity index is 1180. The van der Waals surface area contributed by atoms with Crippen LogP contribution in [0.5, 0.6) is 11.5 Å². The number of nitrogens with zero attached hydrogens (tertiary/aromatic N) is 2. The summed E-state index contributed by atoms with van der Waals surface area (Å²) in [4.78, 5) is 12.5. The summed E-state index contributed by atoms with van der Waals surface area (Å²) in [6.45, 7) is 2.49. The Kier molecular flexibility index (Phi) is 6.77. The van der Waals surface area contributed by atoms with Gasteiger partial charge >= 0.3 is 0 Å². The first-order valence-electron chi connectivity index (χ1n) is 10.1. The van der Waals surface area contributed by atoms with Crippen molar-refractivity contribution in [2.45, 2.75) is 26.7 Å². The maximum absolute atomic E-state index is 12.5. The molecule has 0 unspecified atom stereocenters. The molecule has 1 amide bonds. The number of rotatable bonds is 9. The van der Waals surface area contributed by atoms with Crippen molar-refractivity contribution in [2.75, 3.05) is 5.32 Å². The van der Waals surface area contributed by atoms with Crippen molar-refractivity contribution in [3.8, 4) is 11.5 Å². The molecule has 0 aliphatic heterocycles. The van der Waals surface area contributed by atoms with Crippen molar-refractivity contribution in [1.82, 2.24) is 9.78 Å². The second kappa shape index (κ2) is 10.1. The van der Waals surface area contributed by atoms with Gasteiger partial charge in [0.25, 0.3) is 5.91 Å². The summed E-state index contributed by atoms with van der Waals surface area (Å²) in [5.41, 5.74) is 1.78. The van der Waals surface area contributed by atoms with Gasteiger partial charge in [-0.15, -0.1) is 0 Å². The molecular formula is C24H22ClN3O4. The maximum atomic E-state index is 12.5. The molecule has 2 aromatic carbocycles. The van der Waals surface area contributed by atoms with E-state index in [1.54, 1.807) is 41.3 Å². The van der Waals surface area contributed by atoms with Gasteiger partial charge in [0.2, 0.25) is 0 Å². The minimum absolute atomic E-state index is 0.158. The van der Waals surface area contributed by atoms with Gasteiger partial charge in [0.05, 0.1) is 23.1 Å². The first-order chi connectivity index (χ1) is 15.6. The number of anilines is 1. The van der Waals surface area contributed by atoms with Crippen molar-refractivity contribution >= 4 is 23.2 Å². The normalized spacial score (nSPS) is 10.7. The third-order valence-corrected chi connectivity index (χ3v) is 4.99. The van der Waals surface area contributed by atoms with Gasteiger partial charge in [-0.2, -0.15) is 5.10 Å². The van der Waals surface area contributed by atoms with Gasteiger partial charge in [-0.05, 0) is 48.4 Å². The number of aryl methyl sites for hydroxylation is 1. The van der Waals surface area contributed by atoms with Crippen molar-refractivity contribution in [3.63, 3.8) is 0 Å². The largest absolute Gasteiger partial charge is 0.484 e. The summed E-state index contributed by atoms with van der Waals surface area (Å²) < 4.78 is 18.5. The quantitative estimate of drug-likeness (QED) is 0.360. The topological polar surface area (TPSA) is 78.5 Å². The molecule has 2 heterocycles. The van der Waals surface area contributed by atoms with Crippen LogP contribution in [0.4, 0.5) is 5.69 Å². The van der Waals surface area contributed by atoms with E-state index in [2.05, 4.69) is 17.3 Å². The van der Waals surface area contributed by atoms with E-state index in [4.69, 9.17) is 25.5 Å². The molecule has 0 fully saturated rings. The van der Waals surface area contributed by atoms with Crippen molar-refractivity contribution < 1.29 is 18.7 Å². The number of furan rings is 1. The Morgan fingerprint density at radius 3 is 2.69 bits per heavy atom. The smallest absolute Gasteiger partial charge is 0.291 e. The lowest BCUT2D eigenvalue weighted by Crippen LogP contribution is -2.10. The number of hydrogen-bond acceptors (Lipinski definition) is 5. The van der Waals surface area contributed by atoms with Crippen molar-refractivity contribution in [2.24, 2.45) is 0 Å². The molecule has 1 N–H and O–H groups in total. The molecule has 32 heavy (non-hydrogen) atoms. The van der Waals surface area contributed by atoms with Crippen LogP contribution in [0.25, 0.3) is 0 Å². The zero-order valence-corrected chi connectivity index (χ0v) is 18.2. The number of para-hydroxylation sites is 1. The molecule has 164 valence electrons. The zero-order chi connectivity index (χ0) is 22.3. The Labute approximate surface area is 190 Å². The van der Waals surface area contributed by atoms with E-state index < -0.39 is 0 Å². The highest BCUT2D eigenvalue weighted by atomic mass is 35.5. The number of hydrogen-bond donors (Lipinski definition) is 1. The van der Waals surface area contributed by atoms with Crippen LogP contribution in [0.2, 0.25) is 5.02 Å². The second-order valence-corrected chi connectivity index (χ2v) is 7.39. The van der Waals surface area contributed by atoms with Crippen LogP contribution in [0, 0.1) is 0 Å². The summed E-state index contributed by atoms with van der Waals surface area (Å²) in [6, 6.07) is 18.3. The van der Waals surface area contributed by atoms with Crippen LogP contribution in [0.3, 0.4) is 0 Å². The highest BCUT2D eigenvalue weighted by Gasteiger charge is 2.13. The monoisotopic (exact) mass is 451 g/mol. The van der Waals surface area contributed by atoms with Crippen LogP contribution >= 0.6 is 11.6 Å². The first kappa shape index (κ1) is 21.5. The number of carbonyl (C=O) groups is 1. The summed E-state index contributed by atoms with van der Waals surface area (Å²) in [6.07, 6.45) is 4.21. The Morgan fingerprint density at radius 1 is 1.09 bits per heavy atom. The molecule has 0 saturated carbocycles. The van der Waals surface area contributed by atoms with Crippen LogP contribution in [0.15, 0.2) is 77.5 Å². The summed E-state index contributed by atoms with van der Waals surface area (Å²) >= 11 is 6.07. The molecule has 0 radical (unpaired) electrons. The fourth-order valence-corrected chi connectivity index (χ4v) is 3.13.